The summed E-state index contributed by atoms with van der Waals surface area (Å²) in [5, 5.41) is 2.99. The van der Waals surface area contributed by atoms with Gasteiger partial charge in [0.1, 0.15) is 0 Å². The highest BCUT2D eigenvalue weighted by molar-refractivity contribution is 5.98. The zero-order chi connectivity index (χ0) is 20.6. The summed E-state index contributed by atoms with van der Waals surface area (Å²) in [6.45, 7) is 7.71. The van der Waals surface area contributed by atoms with Crippen LogP contribution >= 0.6 is 0 Å². The van der Waals surface area contributed by atoms with E-state index < -0.39 is 0 Å². The summed E-state index contributed by atoms with van der Waals surface area (Å²) < 4.78 is 0. The number of carbonyl (C=O) groups is 2. The highest BCUT2D eigenvalue weighted by Crippen LogP contribution is 2.23. The molecule has 0 aromatic heterocycles. The van der Waals surface area contributed by atoms with Gasteiger partial charge in [0.25, 0.3) is 0 Å². The van der Waals surface area contributed by atoms with Gasteiger partial charge < -0.3 is 5.32 Å². The number of amides is 1. The smallest absolute Gasteiger partial charge is 0.220 e. The van der Waals surface area contributed by atoms with Gasteiger partial charge in [0.2, 0.25) is 5.91 Å². The summed E-state index contributed by atoms with van der Waals surface area (Å²) in [4.78, 5) is 27.1. The van der Waals surface area contributed by atoms with Crippen molar-refractivity contribution in [3.05, 3.63) is 70.3 Å². The van der Waals surface area contributed by atoms with E-state index in [1.54, 1.807) is 0 Å². The molecule has 2 aromatic rings. The van der Waals surface area contributed by atoms with Gasteiger partial charge >= 0.3 is 0 Å². The van der Waals surface area contributed by atoms with Crippen LogP contribution in [0.4, 0.5) is 0 Å². The highest BCUT2D eigenvalue weighted by atomic mass is 16.2. The van der Waals surface area contributed by atoms with Gasteiger partial charge in [-0.05, 0) is 60.7 Å². The maximum atomic E-state index is 12.5. The highest BCUT2D eigenvalue weighted by Gasteiger charge is 2.15. The van der Waals surface area contributed by atoms with Crippen LogP contribution in [0.5, 0.6) is 0 Å². The lowest BCUT2D eigenvalue weighted by Gasteiger charge is -2.20. The minimum absolute atomic E-state index is 0.0526. The summed E-state index contributed by atoms with van der Waals surface area (Å²) in [7, 11) is 0. The fourth-order valence-corrected chi connectivity index (χ4v) is 3.97. The fourth-order valence-electron chi connectivity index (χ4n) is 3.97. The largest absolute Gasteiger partial charge is 0.352 e. The lowest BCUT2D eigenvalue weighted by atomic mass is 10.0. The Morgan fingerprint density at radius 1 is 0.931 bits per heavy atom. The molecule has 0 bridgehead atoms. The van der Waals surface area contributed by atoms with Crippen molar-refractivity contribution in [3.63, 3.8) is 0 Å². The predicted molar refractivity (Wildman–Crippen MR) is 117 cm³/mol. The average Bonchev–Trinajstić information content (AvgIpc) is 3.22. The number of ketones is 1. The van der Waals surface area contributed by atoms with E-state index in [0.29, 0.717) is 6.54 Å². The second kappa shape index (κ2) is 10.4. The number of aryl methyl sites for hydroxylation is 2. The van der Waals surface area contributed by atoms with Crippen LogP contribution < -0.4 is 5.32 Å². The number of rotatable bonds is 10. The molecule has 0 unspecified atom stereocenters. The second-order valence-electron chi connectivity index (χ2n) is 7.77. The molecule has 154 valence electrons. The third kappa shape index (κ3) is 5.77. The molecule has 3 rings (SSSR count). The number of nitrogens with one attached hydrogen (secondary N) is 1. The summed E-state index contributed by atoms with van der Waals surface area (Å²) >= 11 is 0. The summed E-state index contributed by atoms with van der Waals surface area (Å²) in [6, 6.07) is 14.2. The van der Waals surface area contributed by atoms with Crippen molar-refractivity contribution in [1.29, 1.82) is 0 Å². The van der Waals surface area contributed by atoms with Gasteiger partial charge in [-0.15, -0.1) is 0 Å². The Morgan fingerprint density at radius 3 is 2.41 bits per heavy atom. The van der Waals surface area contributed by atoms with Crippen molar-refractivity contribution in [3.8, 4) is 0 Å². The lowest BCUT2D eigenvalue weighted by Crippen LogP contribution is -2.26. The molecule has 0 heterocycles. The van der Waals surface area contributed by atoms with Crippen molar-refractivity contribution in [2.24, 2.45) is 0 Å². The van der Waals surface area contributed by atoms with Gasteiger partial charge in [-0.2, -0.15) is 0 Å². The number of Topliss-reactive ketones (excluding diaryl/α,β-unsaturated/α-hetero) is 1. The van der Waals surface area contributed by atoms with E-state index in [-0.39, 0.29) is 24.5 Å². The van der Waals surface area contributed by atoms with E-state index in [1.165, 1.54) is 23.1 Å². The zero-order valence-corrected chi connectivity index (χ0v) is 17.7. The standard InChI is InChI=1S/C25H32N2O2/c1-3-27(4-2)18-23-9-6-5-8-22(23)17-26-25(29)15-14-24(28)21-13-12-19-10-7-11-20(19)16-21/h5-6,8-9,12-13,16H,3-4,7,10-11,14-15,17-18H2,1-2H3,(H,26,29). The fraction of sp³-hybridized carbons (Fsp3) is 0.440. The Hall–Kier alpha value is -2.46. The maximum Gasteiger partial charge on any atom is 0.220 e. The van der Waals surface area contributed by atoms with Gasteiger partial charge in [-0.3, -0.25) is 14.5 Å². The molecule has 0 aliphatic heterocycles. The average molecular weight is 393 g/mol. The van der Waals surface area contributed by atoms with E-state index in [9.17, 15) is 9.59 Å². The van der Waals surface area contributed by atoms with Crippen LogP contribution in [0.1, 0.15) is 65.7 Å². The predicted octanol–water partition coefficient (Wildman–Crippen LogP) is 4.30. The van der Waals surface area contributed by atoms with Crippen LogP contribution in [-0.2, 0) is 30.7 Å². The SMILES string of the molecule is CCN(CC)Cc1ccccc1CNC(=O)CCC(=O)c1ccc2c(c1)CCC2. The zero-order valence-electron chi connectivity index (χ0n) is 17.7. The van der Waals surface area contributed by atoms with Crippen molar-refractivity contribution < 1.29 is 9.59 Å². The molecule has 1 amide bonds. The lowest BCUT2D eigenvalue weighted by molar-refractivity contribution is -0.121. The van der Waals surface area contributed by atoms with Gasteiger partial charge in [0, 0.05) is 31.5 Å². The van der Waals surface area contributed by atoms with Crippen LogP contribution in [0, 0.1) is 0 Å². The van der Waals surface area contributed by atoms with Crippen molar-refractivity contribution in [1.82, 2.24) is 10.2 Å². The maximum absolute atomic E-state index is 12.5. The summed E-state index contributed by atoms with van der Waals surface area (Å²) in [6.07, 6.45) is 3.83. The number of fused-ring (bicyclic) bond motifs is 1. The minimum Gasteiger partial charge on any atom is -0.352 e. The molecule has 0 saturated carbocycles. The van der Waals surface area contributed by atoms with Gasteiger partial charge in [0.05, 0.1) is 0 Å². The first-order chi connectivity index (χ1) is 14.1. The minimum atomic E-state index is -0.0721. The molecule has 0 fully saturated rings. The topological polar surface area (TPSA) is 49.4 Å². The number of hydrogen-bond donors (Lipinski definition) is 1. The van der Waals surface area contributed by atoms with E-state index in [0.717, 1.165) is 43.6 Å². The monoisotopic (exact) mass is 392 g/mol. The molecule has 1 aliphatic rings. The molecule has 4 nitrogen and oxygen atoms in total. The van der Waals surface area contributed by atoms with Crippen LogP contribution in [0.3, 0.4) is 0 Å². The van der Waals surface area contributed by atoms with Crippen LogP contribution in [-0.4, -0.2) is 29.7 Å². The van der Waals surface area contributed by atoms with Crippen LogP contribution in [0.15, 0.2) is 42.5 Å². The van der Waals surface area contributed by atoms with E-state index in [2.05, 4.69) is 42.3 Å². The first-order valence-electron chi connectivity index (χ1n) is 10.8. The third-order valence-corrected chi connectivity index (χ3v) is 5.88. The normalized spacial score (nSPS) is 12.8. The summed E-state index contributed by atoms with van der Waals surface area (Å²) in [5.74, 6) is -0.0195. The van der Waals surface area contributed by atoms with Gasteiger partial charge in [0.15, 0.2) is 5.78 Å². The number of hydrogen-bond acceptors (Lipinski definition) is 3. The molecule has 0 radical (unpaired) electrons. The molecule has 0 spiro atoms. The van der Waals surface area contributed by atoms with E-state index in [1.807, 2.05) is 24.3 Å². The molecule has 4 heteroatoms. The van der Waals surface area contributed by atoms with Crippen molar-refractivity contribution >= 4 is 11.7 Å². The Kier molecular flexibility index (Phi) is 7.59. The van der Waals surface area contributed by atoms with Crippen LogP contribution in [0.2, 0.25) is 0 Å². The number of nitrogens with zero attached hydrogens (tertiary/aromatic N) is 1. The number of carbonyl (C=O) groups excluding carboxylic acids is 2. The molecular formula is C25H32N2O2. The van der Waals surface area contributed by atoms with Gasteiger partial charge in [-0.1, -0.05) is 50.2 Å². The first-order valence-corrected chi connectivity index (χ1v) is 10.8. The Labute approximate surface area is 174 Å². The molecule has 2 aromatic carbocycles. The van der Waals surface area contributed by atoms with Gasteiger partial charge in [-0.25, -0.2) is 0 Å². The Morgan fingerprint density at radius 2 is 1.66 bits per heavy atom. The van der Waals surface area contributed by atoms with Crippen LogP contribution in [0.25, 0.3) is 0 Å². The Bertz CT molecular complexity index is 856. The molecule has 29 heavy (non-hydrogen) atoms. The second-order valence-corrected chi connectivity index (χ2v) is 7.77. The van der Waals surface area contributed by atoms with E-state index >= 15 is 0 Å². The van der Waals surface area contributed by atoms with E-state index in [4.69, 9.17) is 0 Å². The molecule has 0 atom stereocenters. The molecule has 1 aliphatic carbocycles. The summed E-state index contributed by atoms with van der Waals surface area (Å²) in [5.41, 5.74) is 5.78. The first kappa shape index (κ1) is 21.3. The van der Waals surface area contributed by atoms with Crippen molar-refractivity contribution in [2.75, 3.05) is 13.1 Å². The molecule has 0 saturated heterocycles. The Balaban J connectivity index is 1.50. The quantitative estimate of drug-likeness (QED) is 0.614. The molecular weight excluding hydrogens is 360 g/mol. The third-order valence-electron chi connectivity index (χ3n) is 5.88. The number of benzene rings is 2. The molecule has 1 N–H and O–H groups in total. The van der Waals surface area contributed by atoms with Crippen molar-refractivity contribution in [2.45, 2.75) is 59.0 Å².